The van der Waals surface area contributed by atoms with E-state index in [2.05, 4.69) is 15.5 Å². The smallest absolute Gasteiger partial charge is 0.319 e. The second-order valence-corrected chi connectivity index (χ2v) is 6.23. The summed E-state index contributed by atoms with van der Waals surface area (Å²) in [5, 5.41) is 14.1. The quantitative estimate of drug-likeness (QED) is 0.772. The number of benzene rings is 1. The van der Waals surface area contributed by atoms with Gasteiger partial charge in [0.15, 0.2) is 0 Å². The van der Waals surface area contributed by atoms with Crippen molar-refractivity contribution in [2.75, 3.05) is 31.6 Å². The highest BCUT2D eigenvalue weighted by Gasteiger charge is 2.37. The zero-order chi connectivity index (χ0) is 17.1. The molecular formula is C16H21F2N3O3. The average molecular weight is 341 g/mol. The molecule has 3 N–H and O–H groups in total. The number of rotatable bonds is 4. The third-order valence-corrected chi connectivity index (χ3v) is 4.45. The van der Waals surface area contributed by atoms with Gasteiger partial charge in [-0.05, 0) is 25.0 Å². The fourth-order valence-corrected chi connectivity index (χ4v) is 3.30. The Bertz CT molecular complexity index is 602. The van der Waals surface area contributed by atoms with Crippen molar-refractivity contribution < 1.29 is 23.4 Å². The molecule has 1 aromatic rings. The molecule has 3 rings (SSSR count). The molecule has 2 fully saturated rings. The number of anilines is 1. The number of carbonyl (C=O) groups is 1. The SMILES string of the molecule is O=C(Nc1cc(F)ccc1F)N[C@H]1C[C@H]2CO[C@@H](CCO)CN2C1. The Labute approximate surface area is 138 Å². The Morgan fingerprint density at radius 1 is 1.38 bits per heavy atom. The molecule has 2 amide bonds. The summed E-state index contributed by atoms with van der Waals surface area (Å²) in [7, 11) is 0. The van der Waals surface area contributed by atoms with Crippen LogP contribution in [0.3, 0.4) is 0 Å². The van der Waals surface area contributed by atoms with Crippen molar-refractivity contribution in [1.82, 2.24) is 10.2 Å². The third-order valence-electron chi connectivity index (χ3n) is 4.45. The van der Waals surface area contributed by atoms with E-state index in [0.717, 1.165) is 31.2 Å². The van der Waals surface area contributed by atoms with Crippen LogP contribution in [0.15, 0.2) is 18.2 Å². The lowest BCUT2D eigenvalue weighted by molar-refractivity contribution is -0.0566. The Balaban J connectivity index is 1.52. The first kappa shape index (κ1) is 17.1. The summed E-state index contributed by atoms with van der Waals surface area (Å²) in [6, 6.07) is 2.51. The van der Waals surface area contributed by atoms with E-state index in [1.807, 2.05) is 0 Å². The Morgan fingerprint density at radius 3 is 3.00 bits per heavy atom. The van der Waals surface area contributed by atoms with E-state index in [1.165, 1.54) is 0 Å². The lowest BCUT2D eigenvalue weighted by Crippen LogP contribution is -2.46. The van der Waals surface area contributed by atoms with Gasteiger partial charge < -0.3 is 20.5 Å². The van der Waals surface area contributed by atoms with E-state index < -0.39 is 17.7 Å². The minimum Gasteiger partial charge on any atom is -0.396 e. The fourth-order valence-electron chi connectivity index (χ4n) is 3.30. The summed E-state index contributed by atoms with van der Waals surface area (Å²) in [6.45, 7) is 2.06. The molecule has 0 spiro atoms. The van der Waals surface area contributed by atoms with Crippen LogP contribution in [-0.4, -0.2) is 60.5 Å². The molecule has 2 saturated heterocycles. The highest BCUT2D eigenvalue weighted by Crippen LogP contribution is 2.24. The molecule has 0 unspecified atom stereocenters. The molecule has 0 radical (unpaired) electrons. The van der Waals surface area contributed by atoms with E-state index in [1.54, 1.807) is 0 Å². The maximum absolute atomic E-state index is 13.5. The Morgan fingerprint density at radius 2 is 2.21 bits per heavy atom. The summed E-state index contributed by atoms with van der Waals surface area (Å²) < 4.78 is 32.4. The number of aliphatic hydroxyl groups is 1. The summed E-state index contributed by atoms with van der Waals surface area (Å²) >= 11 is 0. The predicted molar refractivity (Wildman–Crippen MR) is 83.7 cm³/mol. The van der Waals surface area contributed by atoms with Crippen LogP contribution in [0.4, 0.5) is 19.3 Å². The van der Waals surface area contributed by atoms with Crippen LogP contribution in [0, 0.1) is 11.6 Å². The highest BCUT2D eigenvalue weighted by molar-refractivity contribution is 5.89. The largest absolute Gasteiger partial charge is 0.396 e. The standard InChI is InChI=1S/C16H21F2N3O3/c17-10-1-2-14(18)15(5-10)20-16(23)19-11-6-12-9-24-13(3-4-22)8-21(12)7-11/h1-2,5,11-13,22H,3-4,6-9H2,(H2,19,20,23)/t11-,12-,13-/m0/s1. The first-order valence-electron chi connectivity index (χ1n) is 8.04. The molecule has 132 valence electrons. The van der Waals surface area contributed by atoms with Gasteiger partial charge in [0.05, 0.1) is 18.4 Å². The molecule has 1 aromatic carbocycles. The maximum atomic E-state index is 13.5. The third kappa shape index (κ3) is 4.00. The molecule has 2 heterocycles. The topological polar surface area (TPSA) is 73.8 Å². The van der Waals surface area contributed by atoms with E-state index in [-0.39, 0.29) is 30.5 Å². The number of amides is 2. The van der Waals surface area contributed by atoms with Crippen molar-refractivity contribution >= 4 is 11.7 Å². The number of fused-ring (bicyclic) bond motifs is 1. The van der Waals surface area contributed by atoms with E-state index in [9.17, 15) is 13.6 Å². The van der Waals surface area contributed by atoms with Gasteiger partial charge in [-0.2, -0.15) is 0 Å². The predicted octanol–water partition coefficient (Wildman–Crippen LogP) is 1.31. The van der Waals surface area contributed by atoms with E-state index >= 15 is 0 Å². The molecule has 24 heavy (non-hydrogen) atoms. The Kier molecular flexibility index (Phi) is 5.27. The normalized spacial score (nSPS) is 26.9. The second-order valence-electron chi connectivity index (χ2n) is 6.23. The highest BCUT2D eigenvalue weighted by atomic mass is 19.1. The molecule has 0 aliphatic carbocycles. The van der Waals surface area contributed by atoms with Crippen LogP contribution >= 0.6 is 0 Å². The lowest BCUT2D eigenvalue weighted by Gasteiger charge is -2.34. The van der Waals surface area contributed by atoms with Crippen molar-refractivity contribution in [3.63, 3.8) is 0 Å². The molecule has 0 saturated carbocycles. The molecule has 2 aliphatic rings. The molecular weight excluding hydrogens is 320 g/mol. The number of nitrogens with one attached hydrogen (secondary N) is 2. The number of aliphatic hydroxyl groups excluding tert-OH is 1. The van der Waals surface area contributed by atoms with Crippen molar-refractivity contribution in [3.8, 4) is 0 Å². The van der Waals surface area contributed by atoms with Crippen LogP contribution in [0.25, 0.3) is 0 Å². The molecule has 6 nitrogen and oxygen atoms in total. The van der Waals surface area contributed by atoms with Crippen LogP contribution in [0.2, 0.25) is 0 Å². The number of morpholine rings is 1. The summed E-state index contributed by atoms with van der Waals surface area (Å²) in [5.41, 5.74) is -0.186. The van der Waals surface area contributed by atoms with Gasteiger partial charge in [0.25, 0.3) is 0 Å². The number of hydrogen-bond acceptors (Lipinski definition) is 4. The van der Waals surface area contributed by atoms with Gasteiger partial charge >= 0.3 is 6.03 Å². The molecule has 3 atom stereocenters. The van der Waals surface area contributed by atoms with Gasteiger partial charge in [-0.1, -0.05) is 0 Å². The van der Waals surface area contributed by atoms with Gasteiger partial charge in [-0.15, -0.1) is 0 Å². The van der Waals surface area contributed by atoms with Crippen LogP contribution in [0.5, 0.6) is 0 Å². The van der Waals surface area contributed by atoms with Gasteiger partial charge in [0, 0.05) is 37.8 Å². The number of halogens is 2. The van der Waals surface area contributed by atoms with Gasteiger partial charge in [0.2, 0.25) is 0 Å². The van der Waals surface area contributed by atoms with Crippen LogP contribution in [0.1, 0.15) is 12.8 Å². The fraction of sp³-hybridized carbons (Fsp3) is 0.562. The number of carbonyl (C=O) groups excluding carboxylic acids is 1. The second kappa shape index (κ2) is 7.42. The van der Waals surface area contributed by atoms with Crippen molar-refractivity contribution in [3.05, 3.63) is 29.8 Å². The van der Waals surface area contributed by atoms with Crippen molar-refractivity contribution in [1.29, 1.82) is 0 Å². The maximum Gasteiger partial charge on any atom is 0.319 e. The van der Waals surface area contributed by atoms with Crippen LogP contribution < -0.4 is 10.6 Å². The first-order valence-corrected chi connectivity index (χ1v) is 8.04. The molecule has 8 heteroatoms. The summed E-state index contributed by atoms with van der Waals surface area (Å²) in [4.78, 5) is 14.2. The zero-order valence-electron chi connectivity index (χ0n) is 13.2. The van der Waals surface area contributed by atoms with E-state index in [4.69, 9.17) is 9.84 Å². The zero-order valence-corrected chi connectivity index (χ0v) is 13.2. The van der Waals surface area contributed by atoms with Gasteiger partial charge in [-0.3, -0.25) is 4.90 Å². The lowest BCUT2D eigenvalue weighted by atomic mass is 10.1. The average Bonchev–Trinajstić information content (AvgIpc) is 2.92. The van der Waals surface area contributed by atoms with Crippen LogP contribution in [-0.2, 0) is 4.74 Å². The molecule has 0 bridgehead atoms. The van der Waals surface area contributed by atoms with Crippen molar-refractivity contribution in [2.24, 2.45) is 0 Å². The van der Waals surface area contributed by atoms with Gasteiger partial charge in [0.1, 0.15) is 11.6 Å². The number of nitrogens with zero attached hydrogens (tertiary/aromatic N) is 1. The van der Waals surface area contributed by atoms with E-state index in [0.29, 0.717) is 19.6 Å². The monoisotopic (exact) mass is 341 g/mol. The summed E-state index contributed by atoms with van der Waals surface area (Å²) in [6.07, 6.45) is 1.35. The number of ether oxygens (including phenoxy) is 1. The van der Waals surface area contributed by atoms with Gasteiger partial charge in [-0.25, -0.2) is 13.6 Å². The number of hydrogen-bond donors (Lipinski definition) is 3. The van der Waals surface area contributed by atoms with Crippen molar-refractivity contribution in [2.45, 2.75) is 31.0 Å². The molecule has 2 aliphatic heterocycles. The minimum absolute atomic E-state index is 0.0141. The Hall–Kier alpha value is -1.77. The summed E-state index contributed by atoms with van der Waals surface area (Å²) in [5.74, 6) is -1.30. The first-order chi connectivity index (χ1) is 11.5. The number of urea groups is 1. The molecule has 0 aromatic heterocycles. The minimum atomic E-state index is -0.685.